The molecule has 0 saturated heterocycles. The minimum atomic E-state index is -0.127. The summed E-state index contributed by atoms with van der Waals surface area (Å²) in [6.07, 6.45) is 9.71. The zero-order chi connectivity index (χ0) is 22.7. The van der Waals surface area contributed by atoms with Gasteiger partial charge in [-0.25, -0.2) is 4.79 Å². The van der Waals surface area contributed by atoms with Crippen molar-refractivity contribution in [1.82, 2.24) is 28.9 Å². The third kappa shape index (κ3) is 3.29. The molecule has 6 rings (SSSR count). The Morgan fingerprint density at radius 2 is 1.94 bits per heavy atom. The predicted molar refractivity (Wildman–Crippen MR) is 127 cm³/mol. The standard InChI is InChI=1S/C25H24N6O2/c1-15-23(13-29(2)28-15)31-24-20-9-17(6-7-21(20)27-12-22(24)30(3)25(31)32)18-8-19(11-26-10-18)33-14-16-4-5-16/h6-13,16H,4-5,14H2,1-3H3. The number of nitrogens with zero attached hydrogens (tertiary/aromatic N) is 6. The highest BCUT2D eigenvalue weighted by atomic mass is 16.5. The summed E-state index contributed by atoms with van der Waals surface area (Å²) in [4.78, 5) is 22.3. The van der Waals surface area contributed by atoms with Gasteiger partial charge in [-0.15, -0.1) is 0 Å². The molecule has 0 N–H and O–H groups in total. The second-order valence-corrected chi connectivity index (χ2v) is 8.84. The fraction of sp³-hybridized carbons (Fsp3) is 0.280. The van der Waals surface area contributed by atoms with Gasteiger partial charge in [-0.3, -0.25) is 23.8 Å². The van der Waals surface area contributed by atoms with Crippen molar-refractivity contribution in [1.29, 1.82) is 0 Å². The van der Waals surface area contributed by atoms with E-state index >= 15 is 0 Å². The first-order chi connectivity index (χ1) is 16.0. The number of fused-ring (bicyclic) bond motifs is 3. The van der Waals surface area contributed by atoms with Crippen LogP contribution in [-0.2, 0) is 14.1 Å². The number of aromatic nitrogens is 6. The predicted octanol–water partition coefficient (Wildman–Crippen LogP) is 3.77. The summed E-state index contributed by atoms with van der Waals surface area (Å²) in [5, 5.41) is 5.34. The Morgan fingerprint density at radius 3 is 2.70 bits per heavy atom. The maximum Gasteiger partial charge on any atom is 0.333 e. The summed E-state index contributed by atoms with van der Waals surface area (Å²) < 4.78 is 11.0. The second kappa shape index (κ2) is 7.30. The van der Waals surface area contributed by atoms with Crippen LogP contribution in [0.5, 0.6) is 5.75 Å². The Bertz CT molecular complexity index is 1590. The third-order valence-electron chi connectivity index (χ3n) is 6.34. The lowest BCUT2D eigenvalue weighted by molar-refractivity contribution is 0.299. The van der Waals surface area contributed by atoms with Crippen LogP contribution >= 0.6 is 0 Å². The van der Waals surface area contributed by atoms with Gasteiger partial charge in [0.05, 0.1) is 46.9 Å². The number of ether oxygens (including phenoxy) is 1. The molecule has 0 radical (unpaired) electrons. The van der Waals surface area contributed by atoms with Gasteiger partial charge < -0.3 is 4.74 Å². The van der Waals surface area contributed by atoms with Crippen LogP contribution in [0.2, 0.25) is 0 Å². The number of aryl methyl sites for hydroxylation is 3. The van der Waals surface area contributed by atoms with E-state index in [-0.39, 0.29) is 5.69 Å². The van der Waals surface area contributed by atoms with E-state index in [0.717, 1.165) is 56.8 Å². The second-order valence-electron chi connectivity index (χ2n) is 8.84. The van der Waals surface area contributed by atoms with Crippen molar-refractivity contribution in [3.63, 3.8) is 0 Å². The van der Waals surface area contributed by atoms with Crippen molar-refractivity contribution in [3.05, 3.63) is 65.2 Å². The average molecular weight is 441 g/mol. The van der Waals surface area contributed by atoms with Gasteiger partial charge in [0.15, 0.2) is 0 Å². The molecule has 1 aromatic carbocycles. The van der Waals surface area contributed by atoms with Crippen LogP contribution in [0.4, 0.5) is 0 Å². The van der Waals surface area contributed by atoms with E-state index in [1.54, 1.807) is 33.3 Å². The zero-order valence-corrected chi connectivity index (χ0v) is 18.8. The highest BCUT2D eigenvalue weighted by molar-refractivity contribution is 6.04. The molecule has 1 aliphatic rings. The Labute approximate surface area is 190 Å². The molecular formula is C25H24N6O2. The highest BCUT2D eigenvalue weighted by Gasteiger charge is 2.22. The summed E-state index contributed by atoms with van der Waals surface area (Å²) in [5.74, 6) is 1.46. The first-order valence-corrected chi connectivity index (χ1v) is 11.1. The van der Waals surface area contributed by atoms with E-state index in [4.69, 9.17) is 4.74 Å². The van der Waals surface area contributed by atoms with Crippen LogP contribution in [0.25, 0.3) is 38.8 Å². The molecular weight excluding hydrogens is 416 g/mol. The normalized spacial score (nSPS) is 13.8. The largest absolute Gasteiger partial charge is 0.492 e. The fourth-order valence-electron chi connectivity index (χ4n) is 4.36. The molecule has 0 unspecified atom stereocenters. The van der Waals surface area contributed by atoms with E-state index in [2.05, 4.69) is 21.1 Å². The molecule has 5 aromatic rings. The van der Waals surface area contributed by atoms with Gasteiger partial charge in [-0.1, -0.05) is 6.07 Å². The minimum absolute atomic E-state index is 0.127. The smallest absolute Gasteiger partial charge is 0.333 e. The van der Waals surface area contributed by atoms with Gasteiger partial charge >= 0.3 is 5.69 Å². The van der Waals surface area contributed by atoms with Crippen molar-refractivity contribution in [2.75, 3.05) is 6.61 Å². The molecule has 33 heavy (non-hydrogen) atoms. The molecule has 166 valence electrons. The fourth-order valence-corrected chi connectivity index (χ4v) is 4.36. The number of hydrogen-bond acceptors (Lipinski definition) is 5. The molecule has 1 saturated carbocycles. The number of pyridine rings is 2. The quantitative estimate of drug-likeness (QED) is 0.416. The van der Waals surface area contributed by atoms with Crippen molar-refractivity contribution in [2.45, 2.75) is 19.8 Å². The molecule has 0 amide bonds. The van der Waals surface area contributed by atoms with Gasteiger partial charge in [0.2, 0.25) is 0 Å². The number of rotatable bonds is 5. The molecule has 8 nitrogen and oxygen atoms in total. The lowest BCUT2D eigenvalue weighted by Crippen LogP contribution is -2.21. The third-order valence-corrected chi connectivity index (χ3v) is 6.34. The first-order valence-electron chi connectivity index (χ1n) is 11.1. The topological polar surface area (TPSA) is 79.8 Å². The number of imidazole rings is 1. The van der Waals surface area contributed by atoms with Crippen LogP contribution < -0.4 is 10.4 Å². The molecule has 8 heteroatoms. The average Bonchev–Trinajstić information content (AvgIpc) is 3.55. The summed E-state index contributed by atoms with van der Waals surface area (Å²) in [5.41, 5.74) is 5.80. The van der Waals surface area contributed by atoms with Crippen LogP contribution in [-0.4, -0.2) is 35.5 Å². The lowest BCUT2D eigenvalue weighted by atomic mass is 10.0. The van der Waals surface area contributed by atoms with E-state index in [1.807, 2.05) is 44.6 Å². The number of benzene rings is 1. The summed E-state index contributed by atoms with van der Waals surface area (Å²) in [6.45, 7) is 2.66. The van der Waals surface area contributed by atoms with E-state index in [9.17, 15) is 4.79 Å². The molecule has 4 heterocycles. The van der Waals surface area contributed by atoms with Crippen molar-refractivity contribution in [2.24, 2.45) is 20.0 Å². The Morgan fingerprint density at radius 1 is 1.09 bits per heavy atom. The van der Waals surface area contributed by atoms with E-state index in [1.165, 1.54) is 12.8 Å². The van der Waals surface area contributed by atoms with Gasteiger partial charge in [-0.2, -0.15) is 5.10 Å². The monoisotopic (exact) mass is 440 g/mol. The Hall–Kier alpha value is -3.94. The summed E-state index contributed by atoms with van der Waals surface area (Å²) >= 11 is 0. The summed E-state index contributed by atoms with van der Waals surface area (Å²) in [7, 11) is 3.63. The maximum absolute atomic E-state index is 13.3. The van der Waals surface area contributed by atoms with Crippen molar-refractivity contribution < 1.29 is 4.74 Å². The van der Waals surface area contributed by atoms with Crippen molar-refractivity contribution in [3.8, 4) is 22.6 Å². The first kappa shape index (κ1) is 19.7. The highest BCUT2D eigenvalue weighted by Crippen LogP contribution is 2.32. The van der Waals surface area contributed by atoms with Gasteiger partial charge in [-0.05, 0) is 49.4 Å². The molecule has 1 aliphatic carbocycles. The number of hydrogen-bond donors (Lipinski definition) is 0. The molecule has 0 bridgehead atoms. The molecule has 0 spiro atoms. The van der Waals surface area contributed by atoms with Gasteiger partial charge in [0.1, 0.15) is 5.75 Å². The van der Waals surface area contributed by atoms with Crippen molar-refractivity contribution >= 4 is 21.9 Å². The SMILES string of the molecule is Cc1nn(C)cc1-n1c(=O)n(C)c2cnc3ccc(-c4cncc(OCC5CC5)c4)cc3c21. The zero-order valence-electron chi connectivity index (χ0n) is 18.8. The van der Waals surface area contributed by atoms with Gasteiger partial charge in [0, 0.05) is 37.4 Å². The molecule has 4 aromatic heterocycles. The van der Waals surface area contributed by atoms with Gasteiger partial charge in [0.25, 0.3) is 0 Å². The minimum Gasteiger partial charge on any atom is -0.492 e. The van der Waals surface area contributed by atoms with E-state index < -0.39 is 0 Å². The Balaban J connectivity index is 1.55. The van der Waals surface area contributed by atoms with E-state index in [0.29, 0.717) is 5.92 Å². The molecule has 1 fully saturated rings. The van der Waals surface area contributed by atoms with Crippen LogP contribution in [0.15, 0.2) is 53.8 Å². The molecule has 0 aliphatic heterocycles. The molecule has 0 atom stereocenters. The maximum atomic E-state index is 13.3. The lowest BCUT2D eigenvalue weighted by Gasteiger charge is -2.09. The Kier molecular flexibility index (Phi) is 4.36. The van der Waals surface area contributed by atoms with Crippen LogP contribution in [0.1, 0.15) is 18.5 Å². The summed E-state index contributed by atoms with van der Waals surface area (Å²) in [6, 6.07) is 8.12. The van der Waals surface area contributed by atoms with Crippen LogP contribution in [0.3, 0.4) is 0 Å². The van der Waals surface area contributed by atoms with Crippen LogP contribution in [0, 0.1) is 12.8 Å².